The Morgan fingerprint density at radius 1 is 1.13 bits per heavy atom. The molecule has 0 aliphatic carbocycles. The van der Waals surface area contributed by atoms with Crippen molar-refractivity contribution < 1.29 is 0 Å². The third-order valence-electron chi connectivity index (χ3n) is 6.22. The molecule has 1 aromatic rings. The van der Waals surface area contributed by atoms with Gasteiger partial charge in [-0.05, 0) is 61.1 Å². The Kier molecular flexibility index (Phi) is 4.70. The van der Waals surface area contributed by atoms with Gasteiger partial charge in [-0.15, -0.1) is 0 Å². The summed E-state index contributed by atoms with van der Waals surface area (Å²) in [6.45, 7) is 7.01. The Labute approximate surface area is 142 Å². The first-order valence-corrected chi connectivity index (χ1v) is 9.47. The van der Waals surface area contributed by atoms with E-state index in [-0.39, 0.29) is 0 Å². The molecule has 0 saturated carbocycles. The molecule has 0 radical (unpaired) electrons. The molecule has 1 unspecified atom stereocenters. The van der Waals surface area contributed by atoms with Crippen LogP contribution in [0.4, 0.5) is 5.69 Å². The van der Waals surface area contributed by atoms with Crippen molar-refractivity contribution in [2.24, 2.45) is 0 Å². The molecule has 0 N–H and O–H groups in total. The zero-order valence-corrected chi connectivity index (χ0v) is 15.3. The molecular formula is C21H32N2. The second-order valence-corrected chi connectivity index (χ2v) is 7.33. The number of aryl methyl sites for hydroxylation is 1. The maximum Gasteiger partial charge on any atom is 0.105 e. The molecule has 2 nitrogen and oxygen atoms in total. The molecule has 2 aliphatic heterocycles. The van der Waals surface area contributed by atoms with E-state index in [4.69, 9.17) is 0 Å². The molecule has 0 saturated heterocycles. The first-order valence-electron chi connectivity index (χ1n) is 9.47. The molecule has 0 fully saturated rings. The van der Waals surface area contributed by atoms with E-state index in [9.17, 15) is 0 Å². The zero-order chi connectivity index (χ0) is 16.4. The lowest BCUT2D eigenvalue weighted by Crippen LogP contribution is -2.35. The first kappa shape index (κ1) is 16.4. The summed E-state index contributed by atoms with van der Waals surface area (Å²) in [5.74, 6) is 0. The summed E-state index contributed by atoms with van der Waals surface area (Å²) in [7, 11) is 2.21. The van der Waals surface area contributed by atoms with Crippen molar-refractivity contribution in [2.45, 2.75) is 77.3 Å². The molecule has 2 aliphatic rings. The highest BCUT2D eigenvalue weighted by molar-refractivity contribution is 5.63. The Hall–Kier alpha value is -1.44. The fourth-order valence-electron chi connectivity index (χ4n) is 4.46. The highest BCUT2D eigenvalue weighted by Gasteiger charge is 2.39. The van der Waals surface area contributed by atoms with Crippen LogP contribution in [0.15, 0.2) is 30.6 Å². The standard InChI is InChI=1S/C21H32N2/c1-5-8-9-17-10-11-18-19(16-17)23-15-14-22(4)20(23)12-13-21(18,6-2)7-3/h10-11,14-16,20H,5-9,12-13H2,1-4H3. The molecule has 0 aromatic heterocycles. The van der Waals surface area contributed by atoms with Crippen LogP contribution in [0.5, 0.6) is 0 Å². The summed E-state index contributed by atoms with van der Waals surface area (Å²) in [6.07, 6.45) is 13.8. The highest BCUT2D eigenvalue weighted by Crippen LogP contribution is 2.47. The number of unbranched alkanes of at least 4 members (excludes halogenated alkanes) is 1. The van der Waals surface area contributed by atoms with Crippen LogP contribution >= 0.6 is 0 Å². The van der Waals surface area contributed by atoms with E-state index in [0.717, 1.165) is 0 Å². The van der Waals surface area contributed by atoms with E-state index in [1.54, 1.807) is 5.56 Å². The van der Waals surface area contributed by atoms with Crippen LogP contribution < -0.4 is 4.90 Å². The lowest BCUT2D eigenvalue weighted by Gasteiger charge is -2.33. The molecule has 2 heteroatoms. The fourth-order valence-corrected chi connectivity index (χ4v) is 4.46. The van der Waals surface area contributed by atoms with Crippen molar-refractivity contribution in [2.75, 3.05) is 11.9 Å². The number of rotatable bonds is 5. The van der Waals surface area contributed by atoms with Crippen LogP contribution in [0, 0.1) is 0 Å². The van der Waals surface area contributed by atoms with E-state index in [2.05, 4.69) is 68.2 Å². The molecular weight excluding hydrogens is 280 g/mol. The maximum atomic E-state index is 2.53. The van der Waals surface area contributed by atoms with E-state index >= 15 is 0 Å². The minimum atomic E-state index is 0.345. The van der Waals surface area contributed by atoms with Crippen molar-refractivity contribution in [3.63, 3.8) is 0 Å². The molecule has 0 bridgehead atoms. The molecule has 1 atom stereocenters. The van der Waals surface area contributed by atoms with Gasteiger partial charge in [0.1, 0.15) is 6.17 Å². The van der Waals surface area contributed by atoms with Gasteiger partial charge >= 0.3 is 0 Å². The summed E-state index contributed by atoms with van der Waals surface area (Å²) < 4.78 is 0. The number of anilines is 1. The molecule has 2 heterocycles. The predicted octanol–water partition coefficient (Wildman–Crippen LogP) is 5.43. The average molecular weight is 313 g/mol. The Morgan fingerprint density at radius 2 is 1.91 bits per heavy atom. The lowest BCUT2D eigenvalue weighted by molar-refractivity contribution is 0.291. The minimum Gasteiger partial charge on any atom is -0.359 e. The van der Waals surface area contributed by atoms with Crippen molar-refractivity contribution in [3.8, 4) is 0 Å². The molecule has 0 spiro atoms. The third-order valence-corrected chi connectivity index (χ3v) is 6.22. The quantitative estimate of drug-likeness (QED) is 0.715. The summed E-state index contributed by atoms with van der Waals surface area (Å²) in [5, 5.41) is 0. The van der Waals surface area contributed by atoms with Crippen LogP contribution in [0.2, 0.25) is 0 Å². The van der Waals surface area contributed by atoms with Gasteiger partial charge < -0.3 is 9.80 Å². The topological polar surface area (TPSA) is 6.48 Å². The summed E-state index contributed by atoms with van der Waals surface area (Å²) in [4.78, 5) is 4.90. The number of benzene rings is 1. The van der Waals surface area contributed by atoms with Crippen molar-refractivity contribution >= 4 is 5.69 Å². The SMILES string of the molecule is CCCCc1ccc2c(c1)N1C=CN(C)C1CCC2(CC)CC. The summed E-state index contributed by atoms with van der Waals surface area (Å²) in [5.41, 5.74) is 4.88. The molecule has 3 rings (SSSR count). The van der Waals surface area contributed by atoms with E-state index in [0.29, 0.717) is 11.6 Å². The van der Waals surface area contributed by atoms with Crippen LogP contribution in [-0.4, -0.2) is 18.1 Å². The van der Waals surface area contributed by atoms with Gasteiger partial charge in [-0.1, -0.05) is 39.3 Å². The van der Waals surface area contributed by atoms with Gasteiger partial charge in [-0.25, -0.2) is 0 Å². The van der Waals surface area contributed by atoms with Crippen molar-refractivity contribution in [3.05, 3.63) is 41.7 Å². The fraction of sp³-hybridized carbons (Fsp3) is 0.619. The van der Waals surface area contributed by atoms with Gasteiger partial charge in [0.15, 0.2) is 0 Å². The number of hydrogen-bond donors (Lipinski definition) is 0. The Bertz CT molecular complexity index is 571. The first-order chi connectivity index (χ1) is 11.1. The van der Waals surface area contributed by atoms with Crippen molar-refractivity contribution in [1.29, 1.82) is 0 Å². The van der Waals surface area contributed by atoms with Crippen molar-refractivity contribution in [1.82, 2.24) is 4.90 Å². The van der Waals surface area contributed by atoms with Crippen LogP contribution in [-0.2, 0) is 11.8 Å². The Morgan fingerprint density at radius 3 is 2.61 bits per heavy atom. The van der Waals surface area contributed by atoms with Gasteiger partial charge in [0.05, 0.1) is 0 Å². The second-order valence-electron chi connectivity index (χ2n) is 7.33. The normalized spacial score (nSPS) is 22.0. The summed E-state index contributed by atoms with van der Waals surface area (Å²) >= 11 is 0. The minimum absolute atomic E-state index is 0.345. The number of hydrogen-bond acceptors (Lipinski definition) is 2. The molecule has 0 amide bonds. The summed E-state index contributed by atoms with van der Waals surface area (Å²) in [6, 6.07) is 7.31. The molecule has 1 aromatic carbocycles. The number of nitrogens with zero attached hydrogens (tertiary/aromatic N) is 2. The predicted molar refractivity (Wildman–Crippen MR) is 99.7 cm³/mol. The van der Waals surface area contributed by atoms with Crippen LogP contribution in [0.1, 0.15) is 70.4 Å². The zero-order valence-electron chi connectivity index (χ0n) is 15.3. The maximum absolute atomic E-state index is 2.53. The molecule has 126 valence electrons. The largest absolute Gasteiger partial charge is 0.359 e. The van der Waals surface area contributed by atoms with E-state index < -0.39 is 0 Å². The Balaban J connectivity index is 2.08. The van der Waals surface area contributed by atoms with E-state index in [1.807, 2.05) is 0 Å². The highest BCUT2D eigenvalue weighted by atomic mass is 15.4. The van der Waals surface area contributed by atoms with Gasteiger partial charge in [0.25, 0.3) is 0 Å². The lowest BCUT2D eigenvalue weighted by atomic mass is 9.72. The smallest absolute Gasteiger partial charge is 0.105 e. The third kappa shape index (κ3) is 2.77. The van der Waals surface area contributed by atoms with E-state index in [1.165, 1.54) is 56.2 Å². The van der Waals surface area contributed by atoms with Crippen LogP contribution in [0.25, 0.3) is 0 Å². The van der Waals surface area contributed by atoms with Gasteiger partial charge in [0, 0.05) is 25.1 Å². The van der Waals surface area contributed by atoms with Gasteiger partial charge in [0.2, 0.25) is 0 Å². The van der Waals surface area contributed by atoms with Gasteiger partial charge in [-0.2, -0.15) is 0 Å². The second kappa shape index (κ2) is 6.59. The average Bonchev–Trinajstić information content (AvgIpc) is 2.88. The van der Waals surface area contributed by atoms with Gasteiger partial charge in [-0.3, -0.25) is 0 Å². The number of fused-ring (bicyclic) bond motifs is 3. The molecule has 23 heavy (non-hydrogen) atoms. The van der Waals surface area contributed by atoms with Crippen LogP contribution in [0.3, 0.4) is 0 Å². The monoisotopic (exact) mass is 312 g/mol.